The van der Waals surface area contributed by atoms with E-state index in [2.05, 4.69) is 45.1 Å². The first-order valence-electron chi connectivity index (χ1n) is 5.52. The Hall–Kier alpha value is -0.680. The Morgan fingerprint density at radius 3 is 2.75 bits per heavy atom. The molecule has 0 amide bonds. The molecule has 0 bridgehead atoms. The molecule has 0 saturated carbocycles. The van der Waals surface area contributed by atoms with Crippen molar-refractivity contribution in [2.24, 2.45) is 0 Å². The zero-order valence-electron chi connectivity index (χ0n) is 9.70. The standard InChI is InChI=1S/C11H18BrN3O/c1-8(2)11-14-9(12)7-10(15-11)13-5-3-4-6-16/h7-8,16H,3-6H2,1-2H3,(H,13,14,15). The third-order valence-corrected chi connectivity index (χ3v) is 2.53. The van der Waals surface area contributed by atoms with Gasteiger partial charge in [-0.1, -0.05) is 13.8 Å². The number of unbranched alkanes of at least 4 members (excludes halogenated alkanes) is 1. The van der Waals surface area contributed by atoms with Crippen molar-refractivity contribution in [3.63, 3.8) is 0 Å². The van der Waals surface area contributed by atoms with Crippen molar-refractivity contribution >= 4 is 21.7 Å². The lowest BCUT2D eigenvalue weighted by Gasteiger charge is -2.09. The third kappa shape index (κ3) is 4.45. The van der Waals surface area contributed by atoms with Crippen LogP contribution in [0.3, 0.4) is 0 Å². The van der Waals surface area contributed by atoms with Gasteiger partial charge in [-0.15, -0.1) is 0 Å². The van der Waals surface area contributed by atoms with E-state index in [1.54, 1.807) is 0 Å². The van der Waals surface area contributed by atoms with Crippen molar-refractivity contribution in [2.45, 2.75) is 32.6 Å². The largest absolute Gasteiger partial charge is 0.396 e. The minimum absolute atomic E-state index is 0.242. The highest BCUT2D eigenvalue weighted by Crippen LogP contribution is 2.17. The van der Waals surface area contributed by atoms with Gasteiger partial charge in [0, 0.05) is 25.1 Å². The molecule has 0 aliphatic heterocycles. The summed E-state index contributed by atoms with van der Waals surface area (Å²) in [6, 6.07) is 1.87. The molecule has 0 aromatic carbocycles. The van der Waals surface area contributed by atoms with Gasteiger partial charge in [0.15, 0.2) is 0 Å². The number of aliphatic hydroxyl groups is 1. The van der Waals surface area contributed by atoms with Crippen LogP contribution in [0, 0.1) is 0 Å². The molecule has 2 N–H and O–H groups in total. The highest BCUT2D eigenvalue weighted by Gasteiger charge is 2.06. The molecular formula is C11H18BrN3O. The van der Waals surface area contributed by atoms with Crippen LogP contribution in [-0.2, 0) is 0 Å². The average molecular weight is 288 g/mol. The van der Waals surface area contributed by atoms with Gasteiger partial charge in [-0.05, 0) is 28.8 Å². The second-order valence-corrected chi connectivity index (χ2v) is 4.76. The van der Waals surface area contributed by atoms with E-state index < -0.39 is 0 Å². The lowest BCUT2D eigenvalue weighted by atomic mass is 10.2. The van der Waals surface area contributed by atoms with E-state index >= 15 is 0 Å². The SMILES string of the molecule is CC(C)c1nc(Br)cc(NCCCCO)n1. The van der Waals surface area contributed by atoms with Crippen molar-refractivity contribution in [3.8, 4) is 0 Å². The van der Waals surface area contributed by atoms with Crippen molar-refractivity contribution < 1.29 is 5.11 Å². The monoisotopic (exact) mass is 287 g/mol. The van der Waals surface area contributed by atoms with Gasteiger partial charge in [0.05, 0.1) is 0 Å². The maximum atomic E-state index is 8.66. The van der Waals surface area contributed by atoms with Crippen molar-refractivity contribution in [2.75, 3.05) is 18.5 Å². The van der Waals surface area contributed by atoms with Crippen LogP contribution in [0.1, 0.15) is 38.4 Å². The Balaban J connectivity index is 2.58. The summed E-state index contributed by atoms with van der Waals surface area (Å²) in [7, 11) is 0. The molecule has 1 rings (SSSR count). The Bertz CT molecular complexity index is 331. The van der Waals surface area contributed by atoms with Gasteiger partial charge < -0.3 is 10.4 Å². The minimum Gasteiger partial charge on any atom is -0.396 e. The Morgan fingerprint density at radius 1 is 1.38 bits per heavy atom. The van der Waals surface area contributed by atoms with E-state index in [0.29, 0.717) is 5.92 Å². The van der Waals surface area contributed by atoms with E-state index in [4.69, 9.17) is 5.11 Å². The number of aliphatic hydroxyl groups excluding tert-OH is 1. The van der Waals surface area contributed by atoms with Crippen LogP contribution < -0.4 is 5.32 Å². The molecule has 0 spiro atoms. The quantitative estimate of drug-likeness (QED) is 0.624. The molecule has 16 heavy (non-hydrogen) atoms. The molecule has 0 unspecified atom stereocenters. The lowest BCUT2D eigenvalue weighted by molar-refractivity contribution is 0.286. The molecule has 0 saturated heterocycles. The molecule has 1 aromatic heterocycles. The van der Waals surface area contributed by atoms with Crippen LogP contribution in [0.2, 0.25) is 0 Å². The molecule has 4 nitrogen and oxygen atoms in total. The molecule has 5 heteroatoms. The summed E-state index contributed by atoms with van der Waals surface area (Å²) in [5, 5.41) is 11.9. The van der Waals surface area contributed by atoms with E-state index in [1.165, 1.54) is 0 Å². The molecular weight excluding hydrogens is 270 g/mol. The maximum absolute atomic E-state index is 8.66. The van der Waals surface area contributed by atoms with E-state index in [9.17, 15) is 0 Å². The number of rotatable bonds is 6. The first-order valence-corrected chi connectivity index (χ1v) is 6.32. The second kappa shape index (κ2) is 6.81. The number of nitrogens with one attached hydrogen (secondary N) is 1. The van der Waals surface area contributed by atoms with Gasteiger partial charge in [0.1, 0.15) is 16.2 Å². The summed E-state index contributed by atoms with van der Waals surface area (Å²) >= 11 is 3.37. The van der Waals surface area contributed by atoms with Crippen molar-refractivity contribution in [3.05, 3.63) is 16.5 Å². The number of hydrogen-bond donors (Lipinski definition) is 2. The van der Waals surface area contributed by atoms with Gasteiger partial charge in [0.2, 0.25) is 0 Å². The summed E-state index contributed by atoms with van der Waals surface area (Å²) < 4.78 is 0.802. The lowest BCUT2D eigenvalue weighted by Crippen LogP contribution is -2.07. The number of aromatic nitrogens is 2. The fourth-order valence-electron chi connectivity index (χ4n) is 1.24. The van der Waals surface area contributed by atoms with Gasteiger partial charge >= 0.3 is 0 Å². The second-order valence-electron chi connectivity index (χ2n) is 3.95. The van der Waals surface area contributed by atoms with Crippen LogP contribution in [-0.4, -0.2) is 28.2 Å². The topological polar surface area (TPSA) is 58.0 Å². The average Bonchev–Trinajstić information content (AvgIpc) is 2.23. The van der Waals surface area contributed by atoms with Crippen LogP contribution in [0.15, 0.2) is 10.7 Å². The van der Waals surface area contributed by atoms with Crippen LogP contribution in [0.25, 0.3) is 0 Å². The van der Waals surface area contributed by atoms with E-state index in [1.807, 2.05) is 6.07 Å². The fraction of sp³-hybridized carbons (Fsp3) is 0.636. The molecule has 0 aliphatic carbocycles. The maximum Gasteiger partial charge on any atom is 0.134 e. The number of nitrogens with zero attached hydrogens (tertiary/aromatic N) is 2. The zero-order valence-corrected chi connectivity index (χ0v) is 11.3. The normalized spacial score (nSPS) is 10.8. The molecule has 1 aromatic rings. The first kappa shape index (κ1) is 13.4. The third-order valence-electron chi connectivity index (χ3n) is 2.12. The van der Waals surface area contributed by atoms with Gasteiger partial charge in [0.25, 0.3) is 0 Å². The number of hydrogen-bond acceptors (Lipinski definition) is 4. The van der Waals surface area contributed by atoms with Crippen molar-refractivity contribution in [1.82, 2.24) is 9.97 Å². The predicted octanol–water partition coefficient (Wildman–Crippen LogP) is 2.55. The molecule has 0 atom stereocenters. The summed E-state index contributed by atoms with van der Waals surface area (Å²) in [5.41, 5.74) is 0. The number of anilines is 1. The summed E-state index contributed by atoms with van der Waals surface area (Å²) in [6.45, 7) is 5.20. The summed E-state index contributed by atoms with van der Waals surface area (Å²) in [6.07, 6.45) is 1.76. The smallest absolute Gasteiger partial charge is 0.134 e. The van der Waals surface area contributed by atoms with Crippen LogP contribution >= 0.6 is 15.9 Å². The molecule has 90 valence electrons. The Kier molecular flexibility index (Phi) is 5.69. The minimum atomic E-state index is 0.242. The molecule has 1 heterocycles. The van der Waals surface area contributed by atoms with Crippen LogP contribution in [0.4, 0.5) is 5.82 Å². The summed E-state index contributed by atoms with van der Waals surface area (Å²) in [4.78, 5) is 8.72. The van der Waals surface area contributed by atoms with Gasteiger partial charge in [-0.25, -0.2) is 9.97 Å². The van der Waals surface area contributed by atoms with E-state index in [0.717, 1.165) is 35.6 Å². The highest BCUT2D eigenvalue weighted by atomic mass is 79.9. The molecule has 0 fully saturated rings. The van der Waals surface area contributed by atoms with E-state index in [-0.39, 0.29) is 6.61 Å². The summed E-state index contributed by atoms with van der Waals surface area (Å²) in [5.74, 6) is 1.98. The number of halogens is 1. The van der Waals surface area contributed by atoms with Gasteiger partial charge in [-0.3, -0.25) is 0 Å². The highest BCUT2D eigenvalue weighted by molar-refractivity contribution is 9.10. The Morgan fingerprint density at radius 2 is 2.12 bits per heavy atom. The Labute approximate surface area is 105 Å². The predicted molar refractivity (Wildman–Crippen MR) is 68.6 cm³/mol. The van der Waals surface area contributed by atoms with Crippen molar-refractivity contribution in [1.29, 1.82) is 0 Å². The first-order chi connectivity index (χ1) is 7.63. The van der Waals surface area contributed by atoms with Gasteiger partial charge in [-0.2, -0.15) is 0 Å². The van der Waals surface area contributed by atoms with Crippen LogP contribution in [0.5, 0.6) is 0 Å². The fourth-order valence-corrected chi connectivity index (χ4v) is 1.64. The molecule has 0 radical (unpaired) electrons. The molecule has 0 aliphatic rings. The zero-order chi connectivity index (χ0) is 12.0.